The maximum atomic E-state index is 3.41. The molecule has 18 heavy (non-hydrogen) atoms. The summed E-state index contributed by atoms with van der Waals surface area (Å²) < 4.78 is 0. The predicted molar refractivity (Wildman–Crippen MR) is 77.7 cm³/mol. The van der Waals surface area contributed by atoms with Gasteiger partial charge in [-0.25, -0.2) is 0 Å². The van der Waals surface area contributed by atoms with Crippen LogP contribution in [-0.4, -0.2) is 25.2 Å². The van der Waals surface area contributed by atoms with Crippen molar-refractivity contribution in [2.45, 2.75) is 6.42 Å². The largest absolute Gasteiger partial charge is 0.372 e. The maximum absolute atomic E-state index is 3.41. The van der Waals surface area contributed by atoms with Crippen LogP contribution in [0.15, 0.2) is 60.7 Å². The highest BCUT2D eigenvalue weighted by molar-refractivity contribution is 5.42. The van der Waals surface area contributed by atoms with Crippen LogP contribution < -0.4 is 5.32 Å². The van der Waals surface area contributed by atoms with Gasteiger partial charge in [-0.05, 0) is 31.2 Å². The van der Waals surface area contributed by atoms with E-state index in [1.54, 1.807) is 0 Å². The highest BCUT2D eigenvalue weighted by Gasteiger charge is 1.98. The molecule has 0 aliphatic rings. The Kier molecular flexibility index (Phi) is 4.79. The van der Waals surface area contributed by atoms with E-state index in [1.807, 2.05) is 18.2 Å². The van der Waals surface area contributed by atoms with Gasteiger partial charge >= 0.3 is 0 Å². The topological polar surface area (TPSA) is 15.3 Å². The number of benzene rings is 2. The van der Waals surface area contributed by atoms with Crippen LogP contribution in [0.5, 0.6) is 0 Å². The van der Waals surface area contributed by atoms with Crippen molar-refractivity contribution < 1.29 is 0 Å². The quantitative estimate of drug-likeness (QED) is 0.780. The van der Waals surface area contributed by atoms with Crippen molar-refractivity contribution >= 4 is 5.69 Å². The summed E-state index contributed by atoms with van der Waals surface area (Å²) in [6.45, 7) is 1.93. The Balaban J connectivity index is 1.71. The Morgan fingerprint density at radius 1 is 0.889 bits per heavy atom. The fourth-order valence-corrected chi connectivity index (χ4v) is 1.83. The predicted octanol–water partition coefficient (Wildman–Crippen LogP) is 3.23. The Hall–Kier alpha value is -1.80. The average Bonchev–Trinajstić information content (AvgIpc) is 2.45. The van der Waals surface area contributed by atoms with Crippen LogP contribution >= 0.6 is 0 Å². The van der Waals surface area contributed by atoms with Gasteiger partial charge in [0.15, 0.2) is 0 Å². The summed E-state index contributed by atoms with van der Waals surface area (Å²) in [5.41, 5.74) is 2.56. The number of nitrogens with zero attached hydrogens (tertiary/aromatic N) is 1. The van der Waals surface area contributed by atoms with Crippen LogP contribution in [-0.2, 0) is 6.42 Å². The second kappa shape index (κ2) is 6.82. The molecule has 2 aromatic rings. The first-order chi connectivity index (χ1) is 8.84. The number of para-hydroxylation sites is 1. The van der Waals surface area contributed by atoms with Crippen LogP contribution in [0.25, 0.3) is 0 Å². The normalized spacial score (nSPS) is 10.6. The number of rotatable bonds is 6. The van der Waals surface area contributed by atoms with Crippen molar-refractivity contribution in [3.63, 3.8) is 0 Å². The minimum absolute atomic E-state index is 0.872. The van der Waals surface area contributed by atoms with E-state index < -0.39 is 0 Å². The SMILES string of the molecule is CN(CCc1ccccc1)CNc1ccccc1. The molecular weight excluding hydrogens is 220 g/mol. The molecule has 2 rings (SSSR count). The molecule has 0 radical (unpaired) electrons. The molecule has 0 aromatic heterocycles. The van der Waals surface area contributed by atoms with Crippen molar-refractivity contribution in [3.8, 4) is 0 Å². The van der Waals surface area contributed by atoms with Crippen LogP contribution in [0.2, 0.25) is 0 Å². The van der Waals surface area contributed by atoms with Crippen molar-refractivity contribution in [1.29, 1.82) is 0 Å². The summed E-state index contributed by atoms with van der Waals surface area (Å²) in [5.74, 6) is 0. The van der Waals surface area contributed by atoms with E-state index in [0.717, 1.165) is 19.6 Å². The van der Waals surface area contributed by atoms with E-state index >= 15 is 0 Å². The second-order valence-corrected chi connectivity index (χ2v) is 4.52. The summed E-state index contributed by atoms with van der Waals surface area (Å²) in [4.78, 5) is 2.29. The van der Waals surface area contributed by atoms with E-state index in [2.05, 4.69) is 59.7 Å². The van der Waals surface area contributed by atoms with Gasteiger partial charge in [-0.2, -0.15) is 0 Å². The molecule has 2 nitrogen and oxygen atoms in total. The lowest BCUT2D eigenvalue weighted by Gasteiger charge is -2.18. The van der Waals surface area contributed by atoms with Gasteiger partial charge in [-0.1, -0.05) is 48.5 Å². The van der Waals surface area contributed by atoms with E-state index in [9.17, 15) is 0 Å². The molecule has 0 spiro atoms. The molecule has 0 saturated carbocycles. The fraction of sp³-hybridized carbons (Fsp3) is 0.250. The second-order valence-electron chi connectivity index (χ2n) is 4.52. The lowest BCUT2D eigenvalue weighted by Crippen LogP contribution is -2.27. The molecule has 0 aliphatic carbocycles. The van der Waals surface area contributed by atoms with Crippen molar-refractivity contribution in [3.05, 3.63) is 66.2 Å². The first-order valence-corrected chi connectivity index (χ1v) is 6.36. The van der Waals surface area contributed by atoms with Crippen LogP contribution in [0.3, 0.4) is 0 Å². The van der Waals surface area contributed by atoms with Crippen molar-refractivity contribution in [1.82, 2.24) is 4.90 Å². The lowest BCUT2D eigenvalue weighted by molar-refractivity contribution is 0.363. The molecule has 0 atom stereocenters. The lowest BCUT2D eigenvalue weighted by atomic mass is 10.1. The molecule has 0 amide bonds. The molecule has 0 unspecified atom stereocenters. The summed E-state index contributed by atoms with van der Waals surface area (Å²) in [6.07, 6.45) is 1.09. The minimum Gasteiger partial charge on any atom is -0.372 e. The Bertz CT molecular complexity index is 396. The molecule has 0 aliphatic heterocycles. The van der Waals surface area contributed by atoms with E-state index in [4.69, 9.17) is 0 Å². The van der Waals surface area contributed by atoms with Gasteiger partial charge in [0, 0.05) is 12.2 Å². The molecule has 0 bridgehead atoms. The van der Waals surface area contributed by atoms with Gasteiger partial charge < -0.3 is 5.32 Å². The zero-order valence-electron chi connectivity index (χ0n) is 10.8. The molecular formula is C16H20N2. The highest BCUT2D eigenvalue weighted by Crippen LogP contribution is 2.05. The molecule has 2 aromatic carbocycles. The van der Waals surface area contributed by atoms with Gasteiger partial charge in [0.25, 0.3) is 0 Å². The standard InChI is InChI=1S/C16H20N2/c1-18(13-12-15-8-4-2-5-9-15)14-17-16-10-6-3-7-11-16/h2-11,17H,12-14H2,1H3. The Morgan fingerprint density at radius 3 is 2.17 bits per heavy atom. The Morgan fingerprint density at radius 2 is 1.50 bits per heavy atom. The summed E-state index contributed by atoms with van der Waals surface area (Å²) in [6, 6.07) is 20.9. The van der Waals surface area contributed by atoms with Gasteiger partial charge in [0.05, 0.1) is 6.67 Å². The van der Waals surface area contributed by atoms with Gasteiger partial charge in [-0.3, -0.25) is 4.90 Å². The molecule has 2 heteroatoms. The third-order valence-corrected chi connectivity index (χ3v) is 2.95. The molecule has 1 N–H and O–H groups in total. The smallest absolute Gasteiger partial charge is 0.0675 e. The van der Waals surface area contributed by atoms with E-state index in [1.165, 1.54) is 11.3 Å². The number of likely N-dealkylation sites (N-methyl/N-ethyl adjacent to an activating group) is 1. The van der Waals surface area contributed by atoms with Crippen LogP contribution in [0, 0.1) is 0 Å². The highest BCUT2D eigenvalue weighted by atomic mass is 15.2. The Labute approximate surface area is 109 Å². The van der Waals surface area contributed by atoms with Gasteiger partial charge in [0.2, 0.25) is 0 Å². The first kappa shape index (κ1) is 12.7. The van der Waals surface area contributed by atoms with Gasteiger partial charge in [0.1, 0.15) is 0 Å². The minimum atomic E-state index is 0.872. The molecule has 0 fully saturated rings. The number of anilines is 1. The van der Waals surface area contributed by atoms with E-state index in [0.29, 0.717) is 0 Å². The zero-order valence-corrected chi connectivity index (χ0v) is 10.8. The number of hydrogen-bond acceptors (Lipinski definition) is 2. The number of nitrogens with one attached hydrogen (secondary N) is 1. The number of hydrogen-bond donors (Lipinski definition) is 1. The van der Waals surface area contributed by atoms with Crippen molar-refractivity contribution in [2.24, 2.45) is 0 Å². The average molecular weight is 240 g/mol. The molecule has 0 heterocycles. The zero-order chi connectivity index (χ0) is 12.6. The molecule has 0 saturated heterocycles. The summed E-state index contributed by atoms with van der Waals surface area (Å²) in [7, 11) is 2.14. The third kappa shape index (κ3) is 4.22. The monoisotopic (exact) mass is 240 g/mol. The van der Waals surface area contributed by atoms with Crippen LogP contribution in [0.4, 0.5) is 5.69 Å². The van der Waals surface area contributed by atoms with Crippen molar-refractivity contribution in [2.75, 3.05) is 25.6 Å². The summed E-state index contributed by atoms with van der Waals surface area (Å²) in [5, 5.41) is 3.41. The fourth-order valence-electron chi connectivity index (χ4n) is 1.83. The first-order valence-electron chi connectivity index (χ1n) is 6.36. The van der Waals surface area contributed by atoms with Crippen LogP contribution in [0.1, 0.15) is 5.56 Å². The molecule has 94 valence electrons. The maximum Gasteiger partial charge on any atom is 0.0675 e. The summed E-state index contributed by atoms with van der Waals surface area (Å²) >= 11 is 0. The van der Waals surface area contributed by atoms with Gasteiger partial charge in [-0.15, -0.1) is 0 Å². The van der Waals surface area contributed by atoms with E-state index in [-0.39, 0.29) is 0 Å². The third-order valence-electron chi connectivity index (χ3n) is 2.95.